The van der Waals surface area contributed by atoms with Crippen molar-refractivity contribution in [3.63, 3.8) is 0 Å². The lowest BCUT2D eigenvalue weighted by Crippen LogP contribution is -2.43. The fourth-order valence-corrected chi connectivity index (χ4v) is 2.95. The first-order chi connectivity index (χ1) is 10.1. The first-order valence-corrected chi connectivity index (χ1v) is 8.05. The molecule has 1 aliphatic rings. The fraction of sp³-hybridized carbons (Fsp3) is 0.588. The van der Waals surface area contributed by atoms with Crippen molar-refractivity contribution in [2.75, 3.05) is 30.7 Å². The van der Waals surface area contributed by atoms with Crippen LogP contribution in [0.25, 0.3) is 0 Å². The topological polar surface area (TPSA) is 66.9 Å². The molecule has 1 aliphatic heterocycles. The molecule has 0 aliphatic carbocycles. The van der Waals surface area contributed by atoms with Gasteiger partial charge in [-0.15, -0.1) is 0 Å². The van der Waals surface area contributed by atoms with Gasteiger partial charge in [0.25, 0.3) is 0 Å². The summed E-state index contributed by atoms with van der Waals surface area (Å²) in [5, 5.41) is 9.24. The van der Waals surface area contributed by atoms with Crippen LogP contribution in [0.2, 0.25) is 0 Å². The van der Waals surface area contributed by atoms with Crippen molar-refractivity contribution in [1.29, 1.82) is 0 Å². The number of piperidine rings is 1. The number of nitrogens with one attached hydrogen (secondary N) is 1. The number of benzene rings is 1. The van der Waals surface area contributed by atoms with E-state index in [-0.39, 0.29) is 0 Å². The predicted molar refractivity (Wildman–Crippen MR) is 90.5 cm³/mol. The molecule has 1 aromatic carbocycles. The molecule has 0 radical (unpaired) electrons. The largest absolute Gasteiger partial charge is 0.398 e. The molecule has 1 aromatic rings. The molecule has 0 amide bonds. The van der Waals surface area contributed by atoms with Gasteiger partial charge >= 0.3 is 0 Å². The molecule has 0 aromatic heterocycles. The third kappa shape index (κ3) is 4.46. The van der Waals surface area contributed by atoms with Gasteiger partial charge in [0.1, 0.15) is 0 Å². The third-order valence-corrected chi connectivity index (χ3v) is 4.41. The Labute approximate surface area is 128 Å². The monoisotopic (exact) mass is 289 g/mol. The lowest BCUT2D eigenvalue weighted by atomic mass is 10.0. The van der Waals surface area contributed by atoms with Crippen molar-refractivity contribution in [3.8, 4) is 0 Å². The summed E-state index contributed by atoms with van der Waals surface area (Å²) < 4.78 is 0. The van der Waals surface area contributed by atoms with E-state index in [4.69, 9.17) is 11.1 Å². The van der Waals surface area contributed by atoms with E-state index in [1.165, 1.54) is 32.4 Å². The fourth-order valence-electron chi connectivity index (χ4n) is 2.95. The minimum absolute atomic E-state index is 0.511. The van der Waals surface area contributed by atoms with E-state index in [9.17, 15) is 0 Å². The molecule has 5 N–H and O–H groups in total. The van der Waals surface area contributed by atoms with Crippen LogP contribution in [0.5, 0.6) is 0 Å². The zero-order valence-corrected chi connectivity index (χ0v) is 13.3. The van der Waals surface area contributed by atoms with E-state index in [0.717, 1.165) is 29.4 Å². The summed E-state index contributed by atoms with van der Waals surface area (Å²) >= 11 is 0. The van der Waals surface area contributed by atoms with Crippen LogP contribution >= 0.6 is 0 Å². The maximum atomic E-state index is 5.88. The third-order valence-electron chi connectivity index (χ3n) is 4.41. The van der Waals surface area contributed by atoms with Gasteiger partial charge < -0.3 is 16.0 Å². The normalized spacial score (nSPS) is 21.0. The Hall–Kier alpha value is -1.55. The quantitative estimate of drug-likeness (QED) is 0.547. The zero-order chi connectivity index (χ0) is 15.2. The average molecular weight is 289 g/mol. The van der Waals surface area contributed by atoms with Gasteiger partial charge in [0.2, 0.25) is 0 Å². The molecule has 4 nitrogen and oxygen atoms in total. The molecule has 0 saturated carbocycles. The van der Waals surface area contributed by atoms with Crippen LogP contribution < -0.4 is 16.5 Å². The molecule has 0 bridgehead atoms. The van der Waals surface area contributed by atoms with Crippen molar-refractivity contribution in [2.45, 2.75) is 39.2 Å². The Morgan fingerprint density at radius 2 is 2.33 bits per heavy atom. The Kier molecular flexibility index (Phi) is 5.62. The lowest BCUT2D eigenvalue weighted by Gasteiger charge is -2.35. The Morgan fingerprint density at radius 1 is 1.52 bits per heavy atom. The molecule has 1 fully saturated rings. The van der Waals surface area contributed by atoms with E-state index in [2.05, 4.69) is 24.1 Å². The zero-order valence-electron chi connectivity index (χ0n) is 13.3. The first-order valence-electron chi connectivity index (χ1n) is 8.05. The summed E-state index contributed by atoms with van der Waals surface area (Å²) in [6.07, 6.45) is 5.31. The molecule has 2 unspecified atom stereocenters. The second-order valence-corrected chi connectivity index (χ2v) is 6.27. The van der Waals surface area contributed by atoms with Crippen LogP contribution in [0.4, 0.5) is 11.4 Å². The maximum absolute atomic E-state index is 5.88. The van der Waals surface area contributed by atoms with Gasteiger partial charge in [-0.3, -0.25) is 5.41 Å². The molecule has 21 heavy (non-hydrogen) atoms. The van der Waals surface area contributed by atoms with E-state index in [1.807, 2.05) is 18.2 Å². The standard InChI is InChI=1S/C17H28N4/c1-3-13(2)11-21-8-4-5-16(12-21)20-15-6-7-17(19)14(9-15)10-18/h6-7,9-10,13,16,18,20H,3-5,8,11-12,19H2,1-2H3/p+1. The minimum Gasteiger partial charge on any atom is -0.398 e. The predicted octanol–water partition coefficient (Wildman–Crippen LogP) is 1.37. The van der Waals surface area contributed by atoms with Crippen molar-refractivity contribution >= 4 is 17.6 Å². The second-order valence-electron chi connectivity index (χ2n) is 6.27. The number of hydrogen-bond acceptors (Lipinski definition) is 3. The van der Waals surface area contributed by atoms with Crippen LogP contribution in [0.3, 0.4) is 0 Å². The highest BCUT2D eigenvalue weighted by Gasteiger charge is 2.20. The lowest BCUT2D eigenvalue weighted by molar-refractivity contribution is -0.104. The molecule has 116 valence electrons. The van der Waals surface area contributed by atoms with E-state index < -0.39 is 0 Å². The number of nitrogens with zero attached hydrogens (tertiary/aromatic N) is 1. The molecule has 0 spiro atoms. The van der Waals surface area contributed by atoms with Gasteiger partial charge in [0.15, 0.2) is 6.21 Å². The van der Waals surface area contributed by atoms with Gasteiger partial charge in [-0.25, -0.2) is 0 Å². The van der Waals surface area contributed by atoms with Gasteiger partial charge in [-0.2, -0.15) is 0 Å². The number of nitrogens with two attached hydrogens (primary N) is 2. The Balaban J connectivity index is 1.94. The smallest absolute Gasteiger partial charge is 0.169 e. The highest BCUT2D eigenvalue weighted by Crippen LogP contribution is 2.20. The van der Waals surface area contributed by atoms with Gasteiger partial charge in [0.05, 0.1) is 5.56 Å². The van der Waals surface area contributed by atoms with Crippen LogP contribution in [0.1, 0.15) is 38.7 Å². The summed E-state index contributed by atoms with van der Waals surface area (Å²) in [5.41, 5.74) is 8.61. The summed E-state index contributed by atoms with van der Waals surface area (Å²) in [6, 6.07) is 6.50. The van der Waals surface area contributed by atoms with Crippen LogP contribution in [-0.4, -0.2) is 36.8 Å². The average Bonchev–Trinajstić information content (AvgIpc) is 2.49. The number of likely N-dealkylation sites (tertiary alicyclic amines) is 1. The van der Waals surface area contributed by atoms with E-state index >= 15 is 0 Å². The molecule has 1 heterocycles. The molecule has 1 saturated heterocycles. The van der Waals surface area contributed by atoms with Gasteiger partial charge in [-0.05, 0) is 43.5 Å². The highest BCUT2D eigenvalue weighted by atomic mass is 15.2. The van der Waals surface area contributed by atoms with Crippen molar-refractivity contribution < 1.29 is 5.41 Å². The summed E-state index contributed by atoms with van der Waals surface area (Å²) in [5.74, 6) is 0.777. The number of anilines is 2. The van der Waals surface area contributed by atoms with Crippen molar-refractivity contribution in [1.82, 2.24) is 4.90 Å². The molecular weight excluding hydrogens is 260 g/mol. The van der Waals surface area contributed by atoms with Crippen molar-refractivity contribution in [2.24, 2.45) is 5.92 Å². The van der Waals surface area contributed by atoms with Crippen LogP contribution in [0, 0.1) is 5.92 Å². The number of rotatable bonds is 6. The Bertz CT molecular complexity index is 472. The van der Waals surface area contributed by atoms with Crippen molar-refractivity contribution in [3.05, 3.63) is 23.8 Å². The molecule has 2 rings (SSSR count). The van der Waals surface area contributed by atoms with Gasteiger partial charge in [0, 0.05) is 30.5 Å². The number of nitrogen functional groups attached to an aromatic ring is 1. The minimum atomic E-state index is 0.511. The molecule has 2 atom stereocenters. The molecule has 4 heteroatoms. The van der Waals surface area contributed by atoms with Gasteiger partial charge in [-0.1, -0.05) is 20.3 Å². The summed E-state index contributed by atoms with van der Waals surface area (Å²) in [4.78, 5) is 2.59. The van der Waals surface area contributed by atoms with Crippen LogP contribution in [0.15, 0.2) is 18.2 Å². The number of hydrogen-bond donors (Lipinski definition) is 3. The Morgan fingerprint density at radius 3 is 3.05 bits per heavy atom. The maximum Gasteiger partial charge on any atom is 0.169 e. The summed E-state index contributed by atoms with van der Waals surface area (Å²) in [7, 11) is 0. The highest BCUT2D eigenvalue weighted by molar-refractivity contribution is 5.85. The SMILES string of the molecule is CCC(C)CN1CCCC(Nc2ccc(N)c(C=[NH2+])c2)C1. The van der Waals surface area contributed by atoms with E-state index in [1.54, 1.807) is 6.21 Å². The first kappa shape index (κ1) is 15.8. The second kappa shape index (κ2) is 7.46. The molecular formula is C17H29N4+. The van der Waals surface area contributed by atoms with E-state index in [0.29, 0.717) is 6.04 Å². The van der Waals surface area contributed by atoms with Crippen LogP contribution in [-0.2, 0) is 0 Å². The summed E-state index contributed by atoms with van der Waals surface area (Å²) in [6.45, 7) is 8.16.